The number of nitrogens with zero attached hydrogens (tertiary/aromatic N) is 1. The first-order chi connectivity index (χ1) is 4.84. The third-order valence-corrected chi connectivity index (χ3v) is 1.35. The molecule has 0 bridgehead atoms. The first kappa shape index (κ1) is 7.10. The number of hydroxylamine groups is 2. The lowest BCUT2D eigenvalue weighted by Crippen LogP contribution is -2.34. The number of hydrogen-bond donors (Lipinski definition) is 0. The lowest BCUT2D eigenvalue weighted by atomic mass is 10.3. The predicted octanol–water partition coefficient (Wildman–Crippen LogP) is 0.174. The summed E-state index contributed by atoms with van der Waals surface area (Å²) in [5.74, 6) is 1.62. The molecule has 3 nitrogen and oxygen atoms in total. The van der Waals surface area contributed by atoms with E-state index in [1.807, 2.05) is 5.92 Å². The first-order valence-corrected chi connectivity index (χ1v) is 3.25. The summed E-state index contributed by atoms with van der Waals surface area (Å²) in [6.45, 7) is 1.23. The zero-order valence-electron chi connectivity index (χ0n) is 5.67. The van der Waals surface area contributed by atoms with Crippen molar-refractivity contribution in [1.82, 2.24) is 5.06 Å². The summed E-state index contributed by atoms with van der Waals surface area (Å²) in [6, 6.07) is 0. The molecule has 1 amide bonds. The molecule has 0 aromatic carbocycles. The number of carbonyl (C=O) groups is 1. The smallest absolute Gasteiger partial charge is 0.270 e. The molecule has 0 saturated carbocycles. The number of rotatable bonds is 0. The van der Waals surface area contributed by atoms with Crippen molar-refractivity contribution in [2.75, 3.05) is 13.2 Å². The predicted molar refractivity (Wildman–Crippen MR) is 35.7 cm³/mol. The van der Waals surface area contributed by atoms with Crippen LogP contribution in [0, 0.1) is 12.3 Å². The molecule has 54 valence electrons. The highest BCUT2D eigenvalue weighted by Crippen LogP contribution is 2.04. The lowest BCUT2D eigenvalue weighted by Gasteiger charge is -2.23. The lowest BCUT2D eigenvalue weighted by molar-refractivity contribution is -0.190. The second kappa shape index (κ2) is 3.23. The van der Waals surface area contributed by atoms with Crippen LogP contribution >= 0.6 is 0 Å². The van der Waals surface area contributed by atoms with Crippen molar-refractivity contribution in [1.29, 1.82) is 0 Å². The van der Waals surface area contributed by atoms with Crippen LogP contribution in [0.2, 0.25) is 0 Å². The second-order valence-corrected chi connectivity index (χ2v) is 2.09. The van der Waals surface area contributed by atoms with Gasteiger partial charge in [0.2, 0.25) is 0 Å². The molecule has 1 rings (SSSR count). The van der Waals surface area contributed by atoms with Gasteiger partial charge in [-0.2, -0.15) is 0 Å². The van der Waals surface area contributed by atoms with Gasteiger partial charge in [-0.25, -0.2) is 5.06 Å². The number of carbonyl (C=O) groups excluding carboxylic acids is 1. The van der Waals surface area contributed by atoms with E-state index in [4.69, 9.17) is 11.3 Å². The van der Waals surface area contributed by atoms with Crippen LogP contribution in [0.3, 0.4) is 0 Å². The standard InChI is InChI=1S/C7H9NO2/c1-2-7(9)8-5-3-4-6-10-8/h1H,3-6H2. The summed E-state index contributed by atoms with van der Waals surface area (Å²) in [4.78, 5) is 15.7. The average Bonchev–Trinajstić information content (AvgIpc) is 2.05. The Balaban J connectivity index is 2.40. The van der Waals surface area contributed by atoms with Crippen LogP contribution in [0.4, 0.5) is 0 Å². The highest BCUT2D eigenvalue weighted by atomic mass is 16.7. The van der Waals surface area contributed by atoms with Crippen molar-refractivity contribution in [2.24, 2.45) is 0 Å². The molecule has 0 aromatic heterocycles. The molecule has 1 saturated heterocycles. The topological polar surface area (TPSA) is 29.5 Å². The van der Waals surface area contributed by atoms with Gasteiger partial charge in [-0.15, -0.1) is 6.42 Å². The van der Waals surface area contributed by atoms with Gasteiger partial charge in [-0.05, 0) is 18.8 Å². The van der Waals surface area contributed by atoms with Crippen molar-refractivity contribution < 1.29 is 9.63 Å². The second-order valence-electron chi connectivity index (χ2n) is 2.09. The zero-order valence-corrected chi connectivity index (χ0v) is 5.67. The van der Waals surface area contributed by atoms with E-state index in [2.05, 4.69) is 0 Å². The SMILES string of the molecule is C#CC(=O)N1CCCCO1. The van der Waals surface area contributed by atoms with E-state index in [9.17, 15) is 4.79 Å². The first-order valence-electron chi connectivity index (χ1n) is 3.25. The normalized spacial score (nSPS) is 18.1. The Hall–Kier alpha value is -1.01. The Morgan fingerprint density at radius 2 is 2.40 bits per heavy atom. The molecule has 1 aliphatic heterocycles. The number of amides is 1. The van der Waals surface area contributed by atoms with E-state index in [1.54, 1.807) is 0 Å². The summed E-state index contributed by atoms with van der Waals surface area (Å²) in [6.07, 6.45) is 6.87. The fourth-order valence-corrected chi connectivity index (χ4v) is 0.829. The fourth-order valence-electron chi connectivity index (χ4n) is 0.829. The van der Waals surface area contributed by atoms with E-state index in [1.165, 1.54) is 5.06 Å². The average molecular weight is 139 g/mol. The maximum Gasteiger partial charge on any atom is 0.321 e. The quantitative estimate of drug-likeness (QED) is 0.448. The van der Waals surface area contributed by atoms with Crippen molar-refractivity contribution in [3.63, 3.8) is 0 Å². The van der Waals surface area contributed by atoms with Crippen molar-refractivity contribution >= 4 is 5.91 Å². The minimum Gasteiger partial charge on any atom is -0.270 e. The third-order valence-electron chi connectivity index (χ3n) is 1.35. The molecule has 1 fully saturated rings. The van der Waals surface area contributed by atoms with Gasteiger partial charge < -0.3 is 0 Å². The van der Waals surface area contributed by atoms with Gasteiger partial charge in [-0.1, -0.05) is 0 Å². The Morgan fingerprint density at radius 3 is 2.90 bits per heavy atom. The van der Waals surface area contributed by atoms with Gasteiger partial charge in [0.25, 0.3) is 0 Å². The fraction of sp³-hybridized carbons (Fsp3) is 0.571. The van der Waals surface area contributed by atoms with Crippen LogP contribution in [0.15, 0.2) is 0 Å². The van der Waals surface area contributed by atoms with Crippen LogP contribution < -0.4 is 0 Å². The number of hydrogen-bond acceptors (Lipinski definition) is 2. The molecule has 0 aliphatic carbocycles. The van der Waals surface area contributed by atoms with Crippen LogP contribution in [0.25, 0.3) is 0 Å². The van der Waals surface area contributed by atoms with Gasteiger partial charge in [0.05, 0.1) is 6.61 Å². The van der Waals surface area contributed by atoms with Gasteiger partial charge in [0, 0.05) is 6.54 Å². The van der Waals surface area contributed by atoms with Crippen LogP contribution in [-0.4, -0.2) is 24.1 Å². The molecule has 0 aromatic rings. The molecular formula is C7H9NO2. The minimum absolute atomic E-state index is 0.375. The van der Waals surface area contributed by atoms with E-state index in [0.717, 1.165) is 12.8 Å². The molecular weight excluding hydrogens is 130 g/mol. The molecule has 0 unspecified atom stereocenters. The van der Waals surface area contributed by atoms with Gasteiger partial charge in [-0.3, -0.25) is 9.63 Å². The van der Waals surface area contributed by atoms with Gasteiger partial charge in [0.15, 0.2) is 0 Å². The summed E-state index contributed by atoms with van der Waals surface area (Å²) in [5.41, 5.74) is 0. The van der Waals surface area contributed by atoms with E-state index >= 15 is 0 Å². The van der Waals surface area contributed by atoms with E-state index in [0.29, 0.717) is 13.2 Å². The van der Waals surface area contributed by atoms with Crippen LogP contribution in [0.5, 0.6) is 0 Å². The Morgan fingerprint density at radius 1 is 1.60 bits per heavy atom. The van der Waals surface area contributed by atoms with Crippen molar-refractivity contribution in [2.45, 2.75) is 12.8 Å². The Bertz CT molecular complexity index is 165. The summed E-state index contributed by atoms with van der Waals surface area (Å²) >= 11 is 0. The molecule has 10 heavy (non-hydrogen) atoms. The third kappa shape index (κ3) is 1.49. The molecule has 1 heterocycles. The largest absolute Gasteiger partial charge is 0.321 e. The van der Waals surface area contributed by atoms with Crippen molar-refractivity contribution in [3.8, 4) is 12.3 Å². The number of terminal acetylenes is 1. The maximum atomic E-state index is 10.7. The minimum atomic E-state index is -0.375. The summed E-state index contributed by atoms with van der Waals surface area (Å²) in [7, 11) is 0. The molecule has 0 N–H and O–H groups in total. The van der Waals surface area contributed by atoms with Crippen LogP contribution in [0.1, 0.15) is 12.8 Å². The molecule has 0 atom stereocenters. The maximum absolute atomic E-state index is 10.7. The molecule has 1 aliphatic rings. The van der Waals surface area contributed by atoms with E-state index < -0.39 is 0 Å². The highest BCUT2D eigenvalue weighted by molar-refractivity contribution is 5.92. The van der Waals surface area contributed by atoms with Crippen molar-refractivity contribution in [3.05, 3.63) is 0 Å². The van der Waals surface area contributed by atoms with Gasteiger partial charge in [0.1, 0.15) is 0 Å². The zero-order chi connectivity index (χ0) is 7.40. The summed E-state index contributed by atoms with van der Waals surface area (Å²) < 4.78 is 0. The highest BCUT2D eigenvalue weighted by Gasteiger charge is 2.14. The molecule has 0 spiro atoms. The monoisotopic (exact) mass is 139 g/mol. The Kier molecular flexibility index (Phi) is 2.30. The van der Waals surface area contributed by atoms with Crippen LogP contribution in [-0.2, 0) is 9.63 Å². The molecule has 0 radical (unpaired) electrons. The molecule has 3 heteroatoms. The Labute approximate surface area is 59.9 Å². The van der Waals surface area contributed by atoms with Gasteiger partial charge >= 0.3 is 5.91 Å². The summed E-state index contributed by atoms with van der Waals surface area (Å²) in [5, 5.41) is 1.24. The van der Waals surface area contributed by atoms with E-state index in [-0.39, 0.29) is 5.91 Å².